The molecule has 4 nitrogen and oxygen atoms in total. The molecule has 0 aliphatic heterocycles. The molecule has 1 rings (SSSR count). The van der Waals surface area contributed by atoms with E-state index in [1.807, 2.05) is 0 Å². The number of methoxy groups -OCH3 is 1. The van der Waals surface area contributed by atoms with E-state index in [1.54, 1.807) is 0 Å². The highest BCUT2D eigenvalue weighted by Crippen LogP contribution is 2.35. The van der Waals surface area contributed by atoms with Crippen molar-refractivity contribution in [2.24, 2.45) is 0 Å². The van der Waals surface area contributed by atoms with E-state index in [1.165, 1.54) is 7.11 Å². The van der Waals surface area contributed by atoms with E-state index in [9.17, 15) is 17.2 Å². The first-order valence-corrected chi connectivity index (χ1v) is 6.43. The standard InChI is InChI=1S/C7H5Cl2F2NO3S/c1-15-4-2-3(8)6(16(9,13)14)5(12-4)7(10)11/h2,7H,1H3. The van der Waals surface area contributed by atoms with Gasteiger partial charge in [-0.2, -0.15) is 0 Å². The molecule has 90 valence electrons. The topological polar surface area (TPSA) is 56.3 Å². The molecule has 1 aromatic rings. The SMILES string of the molecule is COc1cc(Cl)c(S(=O)(=O)Cl)c(C(F)F)n1. The summed E-state index contributed by atoms with van der Waals surface area (Å²) in [6.45, 7) is 0. The van der Waals surface area contributed by atoms with Crippen LogP contribution in [0, 0.1) is 0 Å². The summed E-state index contributed by atoms with van der Waals surface area (Å²) in [5.41, 5.74) is -1.03. The average Bonchev–Trinajstić information content (AvgIpc) is 2.14. The second kappa shape index (κ2) is 4.68. The molecule has 0 saturated carbocycles. The lowest BCUT2D eigenvalue weighted by Gasteiger charge is -2.09. The molecule has 0 aliphatic rings. The van der Waals surface area contributed by atoms with Crippen molar-refractivity contribution in [1.82, 2.24) is 4.98 Å². The highest BCUT2D eigenvalue weighted by Gasteiger charge is 2.27. The normalized spacial score (nSPS) is 11.9. The Kier molecular flexibility index (Phi) is 3.92. The maximum absolute atomic E-state index is 12.6. The average molecular weight is 292 g/mol. The molecular weight excluding hydrogens is 287 g/mol. The molecule has 1 heterocycles. The van der Waals surface area contributed by atoms with Gasteiger partial charge in [0.05, 0.1) is 12.1 Å². The summed E-state index contributed by atoms with van der Waals surface area (Å²) in [5.74, 6) is -0.218. The van der Waals surface area contributed by atoms with Gasteiger partial charge in [0.2, 0.25) is 5.88 Å². The van der Waals surface area contributed by atoms with Gasteiger partial charge in [0.1, 0.15) is 10.6 Å². The van der Waals surface area contributed by atoms with Crippen LogP contribution < -0.4 is 4.74 Å². The minimum atomic E-state index is -4.39. The van der Waals surface area contributed by atoms with E-state index >= 15 is 0 Å². The van der Waals surface area contributed by atoms with Gasteiger partial charge in [-0.3, -0.25) is 0 Å². The molecule has 1 aromatic heterocycles. The Morgan fingerprint density at radius 3 is 2.44 bits per heavy atom. The molecule has 0 amide bonds. The number of hydrogen-bond donors (Lipinski definition) is 0. The molecule has 0 fully saturated rings. The number of aromatic nitrogens is 1. The third-order valence-corrected chi connectivity index (χ3v) is 3.38. The van der Waals surface area contributed by atoms with Crippen LogP contribution in [0.2, 0.25) is 5.02 Å². The maximum atomic E-state index is 12.6. The lowest BCUT2D eigenvalue weighted by atomic mass is 10.3. The van der Waals surface area contributed by atoms with Gasteiger partial charge in [0.15, 0.2) is 0 Å². The zero-order valence-electron chi connectivity index (χ0n) is 7.75. The molecule has 0 radical (unpaired) electrons. The third-order valence-electron chi connectivity index (χ3n) is 1.59. The predicted octanol–water partition coefficient (Wildman–Crippen LogP) is 2.61. The van der Waals surface area contributed by atoms with Crippen molar-refractivity contribution in [2.75, 3.05) is 7.11 Å². The van der Waals surface area contributed by atoms with Crippen molar-refractivity contribution in [2.45, 2.75) is 11.3 Å². The highest BCUT2D eigenvalue weighted by molar-refractivity contribution is 8.13. The number of hydrogen-bond acceptors (Lipinski definition) is 4. The quantitative estimate of drug-likeness (QED) is 0.803. The van der Waals surface area contributed by atoms with Crippen LogP contribution in [-0.2, 0) is 9.05 Å². The van der Waals surface area contributed by atoms with E-state index in [-0.39, 0.29) is 5.88 Å². The van der Waals surface area contributed by atoms with Gasteiger partial charge in [-0.25, -0.2) is 22.2 Å². The first-order valence-electron chi connectivity index (χ1n) is 3.74. The third kappa shape index (κ3) is 2.72. The predicted molar refractivity (Wildman–Crippen MR) is 53.8 cm³/mol. The zero-order chi connectivity index (χ0) is 12.5. The first-order chi connectivity index (χ1) is 7.27. The van der Waals surface area contributed by atoms with Crippen LogP contribution in [0.3, 0.4) is 0 Å². The molecular formula is C7H5Cl2F2NO3S. The molecule has 16 heavy (non-hydrogen) atoms. The summed E-state index contributed by atoms with van der Waals surface area (Å²) in [6.07, 6.45) is -3.13. The van der Waals surface area contributed by atoms with Crippen LogP contribution in [0.15, 0.2) is 11.0 Å². The Morgan fingerprint density at radius 1 is 1.50 bits per heavy atom. The van der Waals surface area contributed by atoms with Gasteiger partial charge in [0.25, 0.3) is 15.5 Å². The van der Waals surface area contributed by atoms with E-state index in [2.05, 4.69) is 9.72 Å². The van der Waals surface area contributed by atoms with Crippen molar-refractivity contribution < 1.29 is 21.9 Å². The van der Waals surface area contributed by atoms with Crippen LogP contribution >= 0.6 is 22.3 Å². The molecule has 9 heteroatoms. The van der Waals surface area contributed by atoms with Crippen LogP contribution in [0.25, 0.3) is 0 Å². The number of alkyl halides is 2. The zero-order valence-corrected chi connectivity index (χ0v) is 10.1. The summed E-state index contributed by atoms with van der Waals surface area (Å²) in [4.78, 5) is 2.40. The summed E-state index contributed by atoms with van der Waals surface area (Å²) in [5, 5.41) is -0.461. The molecule has 0 saturated heterocycles. The fraction of sp³-hybridized carbons (Fsp3) is 0.286. The lowest BCUT2D eigenvalue weighted by molar-refractivity contribution is 0.141. The molecule has 0 aromatic carbocycles. The van der Waals surface area contributed by atoms with Crippen molar-refractivity contribution in [1.29, 1.82) is 0 Å². The number of nitrogens with zero attached hydrogens (tertiary/aromatic N) is 1. The smallest absolute Gasteiger partial charge is 0.281 e. The van der Waals surface area contributed by atoms with E-state index in [0.29, 0.717) is 0 Å². The number of ether oxygens (including phenoxy) is 1. The second-order valence-electron chi connectivity index (χ2n) is 2.60. The van der Waals surface area contributed by atoms with Crippen LogP contribution in [0.4, 0.5) is 8.78 Å². The molecule has 0 atom stereocenters. The fourth-order valence-electron chi connectivity index (χ4n) is 0.992. The van der Waals surface area contributed by atoms with E-state index in [0.717, 1.165) is 6.07 Å². The Hall–Kier alpha value is -0.660. The molecule has 0 spiro atoms. The largest absolute Gasteiger partial charge is 0.481 e. The Bertz CT molecular complexity index is 507. The molecule has 0 bridgehead atoms. The number of pyridine rings is 1. The molecule has 0 aliphatic carbocycles. The van der Waals surface area contributed by atoms with Crippen LogP contribution in [-0.4, -0.2) is 20.5 Å². The van der Waals surface area contributed by atoms with Gasteiger partial charge in [-0.05, 0) is 0 Å². The van der Waals surface area contributed by atoms with E-state index in [4.69, 9.17) is 22.3 Å². The Morgan fingerprint density at radius 2 is 2.06 bits per heavy atom. The first kappa shape index (κ1) is 13.4. The van der Waals surface area contributed by atoms with Crippen molar-refractivity contribution >= 4 is 31.3 Å². The van der Waals surface area contributed by atoms with E-state index < -0.39 is 31.1 Å². The second-order valence-corrected chi connectivity index (χ2v) is 5.51. The number of halogens is 4. The molecule has 0 N–H and O–H groups in total. The lowest BCUT2D eigenvalue weighted by Crippen LogP contribution is -2.04. The van der Waals surface area contributed by atoms with Crippen LogP contribution in [0.5, 0.6) is 5.88 Å². The summed E-state index contributed by atoms with van der Waals surface area (Å²) in [7, 11) is 1.77. The summed E-state index contributed by atoms with van der Waals surface area (Å²) < 4.78 is 51.8. The summed E-state index contributed by atoms with van der Waals surface area (Å²) in [6, 6.07) is 0.989. The fourth-order valence-corrected chi connectivity index (χ4v) is 2.77. The molecule has 0 unspecified atom stereocenters. The monoisotopic (exact) mass is 291 g/mol. The van der Waals surface area contributed by atoms with Gasteiger partial charge < -0.3 is 4.74 Å². The van der Waals surface area contributed by atoms with Gasteiger partial charge in [-0.1, -0.05) is 11.6 Å². The van der Waals surface area contributed by atoms with Crippen LogP contribution in [0.1, 0.15) is 12.1 Å². The Balaban J connectivity index is 3.59. The van der Waals surface area contributed by atoms with Crippen molar-refractivity contribution in [3.8, 4) is 5.88 Å². The Labute approximate surface area is 99.6 Å². The van der Waals surface area contributed by atoms with Crippen molar-refractivity contribution in [3.63, 3.8) is 0 Å². The highest BCUT2D eigenvalue weighted by atomic mass is 35.7. The van der Waals surface area contributed by atoms with Crippen molar-refractivity contribution in [3.05, 3.63) is 16.8 Å². The minimum absolute atomic E-state index is 0.218. The maximum Gasteiger partial charge on any atom is 0.281 e. The van der Waals surface area contributed by atoms with Gasteiger partial charge in [0, 0.05) is 16.7 Å². The number of rotatable bonds is 3. The minimum Gasteiger partial charge on any atom is -0.481 e. The summed E-state index contributed by atoms with van der Waals surface area (Å²) >= 11 is 5.53. The van der Waals surface area contributed by atoms with Gasteiger partial charge in [-0.15, -0.1) is 0 Å². The van der Waals surface area contributed by atoms with Gasteiger partial charge >= 0.3 is 0 Å².